The van der Waals surface area contributed by atoms with Crippen molar-refractivity contribution in [1.29, 1.82) is 0 Å². The molecule has 17 nitrogen and oxygen atoms in total. The highest BCUT2D eigenvalue weighted by Gasteiger charge is 2.54. The Morgan fingerprint density at radius 3 is 2.20 bits per heavy atom. The number of nitrogens with two attached hydrogens (primary N) is 1. The van der Waals surface area contributed by atoms with E-state index in [1.54, 1.807) is 0 Å². The number of imidazole rings is 1. The van der Waals surface area contributed by atoms with Crippen molar-refractivity contribution < 1.29 is 47.8 Å². The lowest BCUT2D eigenvalue weighted by atomic mass is 9.96. The van der Waals surface area contributed by atoms with Crippen LogP contribution in [0.4, 0.5) is 5.95 Å². The SMILES string of the molecule is COc1nc(N)nc2c1ncn2[C@@H]1O[C@H](COP(=O)(N[C@@H](C)C(=O)OCC2CC2)N[C@@H](C)C(=O)OCC2CC2)[C@@H](O)[C@@]1(C)O. The molecule has 44 heavy (non-hydrogen) atoms. The molecule has 2 aliphatic carbocycles. The second-order valence-electron chi connectivity index (χ2n) is 11.8. The molecule has 2 aromatic heterocycles. The summed E-state index contributed by atoms with van der Waals surface area (Å²) in [6, 6.07) is -2.16. The molecule has 0 bridgehead atoms. The van der Waals surface area contributed by atoms with E-state index >= 15 is 0 Å². The summed E-state index contributed by atoms with van der Waals surface area (Å²) in [5, 5.41) is 27.6. The molecule has 5 rings (SSSR count). The quantitative estimate of drug-likeness (QED) is 0.131. The first-order valence-electron chi connectivity index (χ1n) is 14.5. The van der Waals surface area contributed by atoms with Crippen LogP contribution in [-0.4, -0.2) is 98.5 Å². The van der Waals surface area contributed by atoms with Gasteiger partial charge in [0, 0.05) is 0 Å². The number of nitrogens with zero attached hydrogens (tertiary/aromatic N) is 4. The van der Waals surface area contributed by atoms with Crippen LogP contribution >= 0.6 is 7.67 Å². The van der Waals surface area contributed by atoms with Gasteiger partial charge in [-0.1, -0.05) is 0 Å². The number of carbonyl (C=O) groups is 2. The van der Waals surface area contributed by atoms with E-state index < -0.39 is 62.3 Å². The Balaban J connectivity index is 1.30. The minimum atomic E-state index is -4.21. The number of nitrogens with one attached hydrogen (secondary N) is 2. The largest absolute Gasteiger partial charge is 0.479 e. The van der Waals surface area contributed by atoms with Crippen LogP contribution in [0.1, 0.15) is 52.7 Å². The van der Waals surface area contributed by atoms with Crippen molar-refractivity contribution in [3.63, 3.8) is 0 Å². The highest BCUT2D eigenvalue weighted by Crippen LogP contribution is 2.44. The third-order valence-electron chi connectivity index (χ3n) is 7.78. The van der Waals surface area contributed by atoms with E-state index in [1.807, 2.05) is 0 Å². The van der Waals surface area contributed by atoms with Gasteiger partial charge in [-0.2, -0.15) is 9.97 Å². The predicted octanol–water partition coefficient (Wildman–Crippen LogP) is 0.414. The summed E-state index contributed by atoms with van der Waals surface area (Å²) >= 11 is 0. The Morgan fingerprint density at radius 2 is 1.68 bits per heavy atom. The molecular weight excluding hydrogens is 601 g/mol. The monoisotopic (exact) mass is 641 g/mol. The van der Waals surface area contributed by atoms with Gasteiger partial charge in [-0.3, -0.25) is 18.7 Å². The molecule has 3 fully saturated rings. The van der Waals surface area contributed by atoms with Crippen LogP contribution in [0, 0.1) is 11.8 Å². The average Bonchev–Trinajstić information content (AvgIpc) is 3.91. The van der Waals surface area contributed by atoms with Crippen LogP contribution in [0.15, 0.2) is 6.33 Å². The van der Waals surface area contributed by atoms with Crippen molar-refractivity contribution in [3.8, 4) is 5.88 Å². The van der Waals surface area contributed by atoms with E-state index in [-0.39, 0.29) is 36.2 Å². The molecule has 244 valence electrons. The summed E-state index contributed by atoms with van der Waals surface area (Å²) in [5.74, 6) is -0.636. The first-order valence-corrected chi connectivity index (χ1v) is 16.2. The lowest BCUT2D eigenvalue weighted by Gasteiger charge is -2.28. The standard InChI is InChI=1S/C26H40N7O10P/c1-13(22(35)40-9-15-5-6-15)31-44(38,32-14(2)23(36)41-10-16-7-8-16)42-11-17-19(34)26(3,37)24(43-17)33-12-28-18-20(33)29-25(27)30-21(18)39-4/h12-17,19,24,34,37H,5-11H2,1-4H3,(H2,27,29,30)(H2,31,32,38)/t13-,14-,17+,19+,24+,26+/m0/s1. The lowest BCUT2D eigenvalue weighted by molar-refractivity contribution is -0.146. The van der Waals surface area contributed by atoms with Gasteiger partial charge in [0.1, 0.15) is 29.9 Å². The summed E-state index contributed by atoms with van der Waals surface area (Å²) in [6.07, 6.45) is 1.26. The fourth-order valence-electron chi connectivity index (χ4n) is 4.72. The van der Waals surface area contributed by atoms with Gasteiger partial charge < -0.3 is 39.4 Å². The molecular formula is C26H40N7O10P. The number of fused-ring (bicyclic) bond motifs is 1. The maximum absolute atomic E-state index is 14.0. The third-order valence-corrected chi connectivity index (χ3v) is 9.75. The Hall–Kier alpha value is -2.92. The number of aromatic nitrogens is 4. The fourth-order valence-corrected chi connectivity index (χ4v) is 6.53. The second kappa shape index (κ2) is 12.8. The van der Waals surface area contributed by atoms with E-state index in [0.717, 1.165) is 25.7 Å². The van der Waals surface area contributed by atoms with Gasteiger partial charge in [0.05, 0.1) is 33.3 Å². The molecule has 0 radical (unpaired) electrons. The van der Waals surface area contributed by atoms with Crippen molar-refractivity contribution in [2.45, 2.75) is 82.6 Å². The van der Waals surface area contributed by atoms with Crippen molar-refractivity contribution in [3.05, 3.63) is 6.33 Å². The van der Waals surface area contributed by atoms with E-state index in [4.69, 9.17) is 29.2 Å². The smallest absolute Gasteiger partial charge is 0.342 e. The second-order valence-corrected chi connectivity index (χ2v) is 13.7. The first kappa shape index (κ1) is 32.5. The Bertz CT molecular complexity index is 1370. The molecule has 18 heteroatoms. The molecule has 0 aromatic carbocycles. The maximum Gasteiger partial charge on any atom is 0.342 e. The molecule has 6 N–H and O–H groups in total. The van der Waals surface area contributed by atoms with Crippen LogP contribution in [0.3, 0.4) is 0 Å². The maximum atomic E-state index is 14.0. The number of aliphatic hydroxyl groups excluding tert-OH is 1. The number of aliphatic hydroxyl groups is 2. The van der Waals surface area contributed by atoms with Gasteiger partial charge >= 0.3 is 19.6 Å². The molecule has 0 amide bonds. The zero-order valence-electron chi connectivity index (χ0n) is 25.0. The number of carbonyl (C=O) groups excluding carboxylic acids is 2. The van der Waals surface area contributed by atoms with Crippen LogP contribution in [0.25, 0.3) is 11.2 Å². The summed E-state index contributed by atoms with van der Waals surface area (Å²) in [5.41, 5.74) is 4.34. The Kier molecular flexibility index (Phi) is 9.47. The van der Waals surface area contributed by atoms with Crippen LogP contribution in [-0.2, 0) is 32.9 Å². The molecule has 1 saturated heterocycles. The summed E-state index contributed by atoms with van der Waals surface area (Å²) < 4.78 is 43.0. The van der Waals surface area contributed by atoms with Gasteiger partial charge in [-0.05, 0) is 58.3 Å². The highest BCUT2D eigenvalue weighted by atomic mass is 31.2. The summed E-state index contributed by atoms with van der Waals surface area (Å²) in [7, 11) is -2.82. The highest BCUT2D eigenvalue weighted by molar-refractivity contribution is 7.54. The van der Waals surface area contributed by atoms with Gasteiger partial charge in [0.2, 0.25) is 11.8 Å². The van der Waals surface area contributed by atoms with Gasteiger partial charge in [-0.25, -0.2) is 15.2 Å². The van der Waals surface area contributed by atoms with Crippen molar-refractivity contribution >= 4 is 36.7 Å². The molecule has 2 saturated carbocycles. The minimum absolute atomic E-state index is 0.108. The van der Waals surface area contributed by atoms with E-state index in [9.17, 15) is 24.4 Å². The fraction of sp³-hybridized carbons (Fsp3) is 0.731. The van der Waals surface area contributed by atoms with E-state index in [0.29, 0.717) is 11.8 Å². The number of hydrogen-bond acceptors (Lipinski definition) is 14. The predicted molar refractivity (Wildman–Crippen MR) is 153 cm³/mol. The first-order chi connectivity index (χ1) is 20.8. The van der Waals surface area contributed by atoms with Crippen molar-refractivity contribution in [2.24, 2.45) is 11.8 Å². The number of esters is 2. The van der Waals surface area contributed by atoms with E-state index in [1.165, 1.54) is 38.8 Å². The normalized spacial score (nSPS) is 26.8. The van der Waals surface area contributed by atoms with Crippen LogP contribution in [0.2, 0.25) is 0 Å². The minimum Gasteiger partial charge on any atom is -0.479 e. The molecule has 3 aliphatic rings. The average molecular weight is 642 g/mol. The number of anilines is 1. The molecule has 1 aliphatic heterocycles. The molecule has 0 spiro atoms. The number of ether oxygens (including phenoxy) is 4. The molecule has 3 heterocycles. The molecule has 0 unspecified atom stereocenters. The number of rotatable bonds is 15. The van der Waals surface area contributed by atoms with Gasteiger partial charge in [-0.15, -0.1) is 0 Å². The lowest BCUT2D eigenvalue weighted by Crippen LogP contribution is -2.45. The van der Waals surface area contributed by atoms with E-state index in [2.05, 4.69) is 25.1 Å². The number of methoxy groups -OCH3 is 1. The number of nitrogen functional groups attached to an aromatic ring is 1. The van der Waals surface area contributed by atoms with Crippen LogP contribution < -0.4 is 20.6 Å². The zero-order chi connectivity index (χ0) is 31.8. The summed E-state index contributed by atoms with van der Waals surface area (Å²) in [6.45, 7) is 4.26. The Morgan fingerprint density at radius 1 is 1.11 bits per heavy atom. The molecule has 2 aromatic rings. The topological polar surface area (TPSA) is 231 Å². The van der Waals surface area contributed by atoms with Crippen molar-refractivity contribution in [2.75, 3.05) is 32.7 Å². The van der Waals surface area contributed by atoms with Crippen molar-refractivity contribution in [1.82, 2.24) is 29.7 Å². The van der Waals surface area contributed by atoms with Gasteiger partial charge in [0.15, 0.2) is 17.4 Å². The zero-order valence-corrected chi connectivity index (χ0v) is 25.9. The summed E-state index contributed by atoms with van der Waals surface area (Å²) in [4.78, 5) is 37.6. The third kappa shape index (κ3) is 7.30. The van der Waals surface area contributed by atoms with Crippen LogP contribution in [0.5, 0.6) is 5.88 Å². The molecule has 6 atom stereocenters. The number of hydrogen-bond donors (Lipinski definition) is 5. The van der Waals surface area contributed by atoms with Gasteiger partial charge in [0.25, 0.3) is 0 Å². The Labute approximate surface area is 253 Å².